The van der Waals surface area contributed by atoms with Crippen molar-refractivity contribution in [2.24, 2.45) is 0 Å². The number of aryl methyl sites for hydroxylation is 2. The number of hydrogen-bond acceptors (Lipinski definition) is 8. The highest BCUT2D eigenvalue weighted by Gasteiger charge is 2.12. The van der Waals surface area contributed by atoms with Crippen LogP contribution in [0.25, 0.3) is 11.1 Å². The molecule has 0 aliphatic rings. The number of halogens is 2. The van der Waals surface area contributed by atoms with Crippen LogP contribution in [0.15, 0.2) is 78.9 Å². The minimum absolute atomic E-state index is 0.0165. The van der Waals surface area contributed by atoms with Gasteiger partial charge in [0.25, 0.3) is 0 Å². The second-order valence-corrected chi connectivity index (χ2v) is 10.6. The van der Waals surface area contributed by atoms with E-state index in [1.54, 1.807) is 18.2 Å². The molecule has 0 fully saturated rings. The Morgan fingerprint density at radius 3 is 1.83 bits per heavy atom. The number of aliphatic hydroxyl groups excluding tert-OH is 2. The number of esters is 2. The standard InChI is InChI=1S/C38H40F2O8/c1-4-30-19-28(8-9-29-10-12-31(36(40)20-29)7-5-6-14-39)11-13-35(30)32-21-33(45-15-17-47-37(43)26(2)24-41)23-34(22-32)46-16-18-48-38(44)27(3)25-42/h10-13,19-23,41-42H,2-7,14-18,24-25H2,1H3. The summed E-state index contributed by atoms with van der Waals surface area (Å²) in [5.74, 6) is 5.17. The van der Waals surface area contributed by atoms with Crippen molar-refractivity contribution in [2.75, 3.05) is 46.3 Å². The average molecular weight is 663 g/mol. The zero-order chi connectivity index (χ0) is 34.9. The summed E-state index contributed by atoms with van der Waals surface area (Å²) in [7, 11) is 0. The molecule has 0 aliphatic carbocycles. The van der Waals surface area contributed by atoms with E-state index in [9.17, 15) is 18.4 Å². The van der Waals surface area contributed by atoms with E-state index >= 15 is 0 Å². The number of benzene rings is 3. The maximum atomic E-state index is 14.5. The Balaban J connectivity index is 1.81. The molecule has 0 aliphatic heterocycles. The molecule has 48 heavy (non-hydrogen) atoms. The van der Waals surface area contributed by atoms with Gasteiger partial charge in [0, 0.05) is 17.2 Å². The minimum atomic E-state index is -0.722. The molecule has 10 heteroatoms. The molecule has 0 amide bonds. The average Bonchev–Trinajstić information content (AvgIpc) is 3.10. The molecule has 0 spiro atoms. The van der Waals surface area contributed by atoms with Gasteiger partial charge in [0.2, 0.25) is 0 Å². The van der Waals surface area contributed by atoms with E-state index in [2.05, 4.69) is 25.0 Å². The Kier molecular flexibility index (Phi) is 15.3. The number of alkyl halides is 1. The van der Waals surface area contributed by atoms with E-state index in [1.165, 1.54) is 6.07 Å². The third-order valence-corrected chi connectivity index (χ3v) is 7.04. The second kappa shape index (κ2) is 19.6. The molecule has 0 heterocycles. The highest BCUT2D eigenvalue weighted by Crippen LogP contribution is 2.33. The fourth-order valence-electron chi connectivity index (χ4n) is 4.44. The zero-order valence-electron chi connectivity index (χ0n) is 27.0. The van der Waals surface area contributed by atoms with Crippen molar-refractivity contribution in [2.45, 2.75) is 32.6 Å². The molecule has 0 saturated carbocycles. The molecule has 3 rings (SSSR count). The molecule has 0 radical (unpaired) electrons. The van der Waals surface area contributed by atoms with Gasteiger partial charge in [0.1, 0.15) is 43.7 Å². The van der Waals surface area contributed by atoms with Gasteiger partial charge in [0.15, 0.2) is 0 Å². The van der Waals surface area contributed by atoms with Crippen molar-refractivity contribution in [1.29, 1.82) is 0 Å². The SMILES string of the molecule is C=C(CO)C(=O)OCCOc1cc(OCCOC(=O)C(=C)CO)cc(-c2ccc(C#Cc3ccc(CCCCF)c(F)c3)cc2CC)c1. The van der Waals surface area contributed by atoms with Gasteiger partial charge in [0.05, 0.1) is 31.0 Å². The lowest BCUT2D eigenvalue weighted by molar-refractivity contribution is -0.141. The van der Waals surface area contributed by atoms with Crippen molar-refractivity contribution < 1.29 is 47.5 Å². The van der Waals surface area contributed by atoms with Crippen LogP contribution in [0.4, 0.5) is 8.78 Å². The zero-order valence-corrected chi connectivity index (χ0v) is 27.0. The van der Waals surface area contributed by atoms with Crippen LogP contribution >= 0.6 is 0 Å². The van der Waals surface area contributed by atoms with Crippen LogP contribution in [-0.4, -0.2) is 68.5 Å². The fourth-order valence-corrected chi connectivity index (χ4v) is 4.44. The lowest BCUT2D eigenvalue weighted by Gasteiger charge is -2.15. The summed E-state index contributed by atoms with van der Waals surface area (Å²) in [6.07, 6.45) is 2.14. The number of rotatable bonds is 18. The van der Waals surface area contributed by atoms with Gasteiger partial charge in [-0.2, -0.15) is 0 Å². The summed E-state index contributed by atoms with van der Waals surface area (Å²) in [6.45, 7) is 7.31. The van der Waals surface area contributed by atoms with Crippen molar-refractivity contribution in [1.82, 2.24) is 0 Å². The van der Waals surface area contributed by atoms with Crippen molar-refractivity contribution in [3.63, 3.8) is 0 Å². The van der Waals surface area contributed by atoms with Gasteiger partial charge in [-0.05, 0) is 84.3 Å². The first kappa shape index (κ1) is 37.5. The first-order valence-corrected chi connectivity index (χ1v) is 15.5. The van der Waals surface area contributed by atoms with E-state index in [1.807, 2.05) is 37.3 Å². The highest BCUT2D eigenvalue weighted by molar-refractivity contribution is 5.88. The number of hydrogen-bond donors (Lipinski definition) is 2. The maximum Gasteiger partial charge on any atom is 0.335 e. The number of ether oxygens (including phenoxy) is 4. The monoisotopic (exact) mass is 662 g/mol. The Labute approximate surface area is 279 Å². The summed E-state index contributed by atoms with van der Waals surface area (Å²) < 4.78 is 48.7. The Bertz CT molecular complexity index is 1600. The number of aliphatic hydroxyl groups is 2. The second-order valence-electron chi connectivity index (χ2n) is 10.6. The van der Waals surface area contributed by atoms with Crippen molar-refractivity contribution in [3.8, 4) is 34.5 Å². The first-order chi connectivity index (χ1) is 23.2. The lowest BCUT2D eigenvalue weighted by atomic mass is 9.95. The lowest BCUT2D eigenvalue weighted by Crippen LogP contribution is -2.15. The largest absolute Gasteiger partial charge is 0.490 e. The highest BCUT2D eigenvalue weighted by atomic mass is 19.1. The van der Waals surface area contributed by atoms with E-state index < -0.39 is 31.8 Å². The van der Waals surface area contributed by atoms with Crippen LogP contribution < -0.4 is 9.47 Å². The predicted molar refractivity (Wildman–Crippen MR) is 178 cm³/mol. The molecule has 0 unspecified atom stereocenters. The molecule has 0 atom stereocenters. The minimum Gasteiger partial charge on any atom is -0.490 e. The third-order valence-electron chi connectivity index (χ3n) is 7.04. The van der Waals surface area contributed by atoms with Crippen LogP contribution in [0.2, 0.25) is 0 Å². The van der Waals surface area contributed by atoms with Crippen LogP contribution in [0.1, 0.15) is 42.0 Å². The van der Waals surface area contributed by atoms with Crippen LogP contribution in [0.5, 0.6) is 11.5 Å². The molecular weight excluding hydrogens is 622 g/mol. The molecule has 0 saturated heterocycles. The van der Waals surface area contributed by atoms with Crippen LogP contribution in [0, 0.1) is 17.7 Å². The molecule has 0 bridgehead atoms. The predicted octanol–water partition coefficient (Wildman–Crippen LogP) is 5.69. The van der Waals surface area contributed by atoms with Gasteiger partial charge in [-0.1, -0.05) is 44.1 Å². The molecule has 0 aromatic heterocycles. The van der Waals surface area contributed by atoms with Gasteiger partial charge in [-0.3, -0.25) is 4.39 Å². The summed E-state index contributed by atoms with van der Waals surface area (Å²) in [5.41, 5.74) is 4.32. The van der Waals surface area contributed by atoms with E-state index in [0.29, 0.717) is 48.3 Å². The van der Waals surface area contributed by atoms with E-state index in [-0.39, 0.29) is 43.4 Å². The molecule has 3 aromatic rings. The molecule has 3 aromatic carbocycles. The van der Waals surface area contributed by atoms with Crippen LogP contribution in [0.3, 0.4) is 0 Å². The van der Waals surface area contributed by atoms with Gasteiger partial charge >= 0.3 is 11.9 Å². The summed E-state index contributed by atoms with van der Waals surface area (Å²) >= 11 is 0. The molecule has 2 N–H and O–H groups in total. The number of carbonyl (C=O) groups excluding carboxylic acids is 2. The van der Waals surface area contributed by atoms with Crippen molar-refractivity contribution in [3.05, 3.63) is 107 Å². The van der Waals surface area contributed by atoms with Crippen LogP contribution in [-0.2, 0) is 31.9 Å². The molecular formula is C38H40F2O8. The number of carbonyl (C=O) groups is 2. The quantitative estimate of drug-likeness (QED) is 0.0774. The normalized spacial score (nSPS) is 10.4. The van der Waals surface area contributed by atoms with E-state index in [4.69, 9.17) is 29.2 Å². The van der Waals surface area contributed by atoms with Crippen molar-refractivity contribution >= 4 is 11.9 Å². The Morgan fingerprint density at radius 2 is 1.31 bits per heavy atom. The summed E-state index contributed by atoms with van der Waals surface area (Å²) in [6, 6.07) is 15.9. The molecule has 8 nitrogen and oxygen atoms in total. The summed E-state index contributed by atoms with van der Waals surface area (Å²) in [5, 5.41) is 18.1. The van der Waals surface area contributed by atoms with Gasteiger partial charge in [-0.15, -0.1) is 0 Å². The van der Waals surface area contributed by atoms with Gasteiger partial charge < -0.3 is 29.2 Å². The summed E-state index contributed by atoms with van der Waals surface area (Å²) in [4.78, 5) is 23.6. The molecule has 254 valence electrons. The maximum absolute atomic E-state index is 14.5. The fraction of sp³-hybridized carbons (Fsp3) is 0.316. The Morgan fingerprint density at radius 1 is 0.750 bits per heavy atom. The topological polar surface area (TPSA) is 112 Å². The first-order valence-electron chi connectivity index (χ1n) is 15.5. The third kappa shape index (κ3) is 11.7. The van der Waals surface area contributed by atoms with Gasteiger partial charge in [-0.25, -0.2) is 14.0 Å². The smallest absolute Gasteiger partial charge is 0.335 e. The Hall–Kier alpha value is -4.98. The van der Waals surface area contributed by atoms with E-state index in [0.717, 1.165) is 22.3 Å². The number of unbranched alkanes of at least 4 members (excludes halogenated alkanes) is 1.